The number of likely N-dealkylation sites (N-methyl/N-ethyl adjacent to an activating group) is 1. The van der Waals surface area contributed by atoms with Crippen LogP contribution in [0.1, 0.15) is 26.2 Å². The third kappa shape index (κ3) is 3.47. The second kappa shape index (κ2) is 7.01. The molecule has 4 heteroatoms. The molecule has 0 saturated heterocycles. The lowest BCUT2D eigenvalue weighted by Gasteiger charge is -2.23. The molecule has 0 spiro atoms. The number of unbranched alkanes of at least 4 members (excludes halogenated alkanes) is 1. The van der Waals surface area contributed by atoms with Gasteiger partial charge in [0.15, 0.2) is 0 Å². The molecular formula is C14H22N2O2. The van der Waals surface area contributed by atoms with Gasteiger partial charge in [0.2, 0.25) is 5.91 Å². The van der Waals surface area contributed by atoms with Gasteiger partial charge in [0, 0.05) is 7.05 Å². The van der Waals surface area contributed by atoms with Crippen LogP contribution >= 0.6 is 0 Å². The first-order chi connectivity index (χ1) is 8.61. The lowest BCUT2D eigenvalue weighted by atomic mass is 10.1. The molecule has 0 aliphatic heterocycles. The van der Waals surface area contributed by atoms with Crippen molar-refractivity contribution in [3.8, 4) is 5.75 Å². The van der Waals surface area contributed by atoms with Gasteiger partial charge in [-0.2, -0.15) is 0 Å². The fourth-order valence-corrected chi connectivity index (χ4v) is 1.82. The fourth-order valence-electron chi connectivity index (χ4n) is 1.82. The number of hydrogen-bond acceptors (Lipinski definition) is 3. The van der Waals surface area contributed by atoms with Crippen molar-refractivity contribution in [3.63, 3.8) is 0 Å². The highest BCUT2D eigenvalue weighted by atomic mass is 16.5. The van der Waals surface area contributed by atoms with Crippen molar-refractivity contribution in [2.24, 2.45) is 5.73 Å². The van der Waals surface area contributed by atoms with Crippen LogP contribution in [0.2, 0.25) is 0 Å². The predicted octanol–water partition coefficient (Wildman–Crippen LogP) is 2.18. The van der Waals surface area contributed by atoms with E-state index in [2.05, 4.69) is 6.92 Å². The minimum absolute atomic E-state index is 0.0760. The van der Waals surface area contributed by atoms with E-state index in [0.717, 1.165) is 24.9 Å². The summed E-state index contributed by atoms with van der Waals surface area (Å²) in [6.45, 7) is 2.08. The van der Waals surface area contributed by atoms with Crippen molar-refractivity contribution >= 4 is 11.6 Å². The average molecular weight is 250 g/mol. The van der Waals surface area contributed by atoms with Gasteiger partial charge >= 0.3 is 0 Å². The van der Waals surface area contributed by atoms with E-state index < -0.39 is 6.04 Å². The van der Waals surface area contributed by atoms with Crippen molar-refractivity contribution in [1.29, 1.82) is 0 Å². The zero-order valence-corrected chi connectivity index (χ0v) is 11.3. The van der Waals surface area contributed by atoms with Crippen LogP contribution in [-0.2, 0) is 4.79 Å². The topological polar surface area (TPSA) is 55.6 Å². The van der Waals surface area contributed by atoms with E-state index >= 15 is 0 Å². The largest absolute Gasteiger partial charge is 0.495 e. The van der Waals surface area contributed by atoms with E-state index in [1.54, 1.807) is 19.1 Å². The normalized spacial score (nSPS) is 12.0. The van der Waals surface area contributed by atoms with Crippen molar-refractivity contribution in [2.45, 2.75) is 32.2 Å². The minimum atomic E-state index is -0.445. The number of amides is 1. The van der Waals surface area contributed by atoms with Gasteiger partial charge in [-0.05, 0) is 18.6 Å². The molecule has 0 aromatic heterocycles. The van der Waals surface area contributed by atoms with Crippen LogP contribution in [0.25, 0.3) is 0 Å². The molecule has 4 nitrogen and oxygen atoms in total. The fraction of sp³-hybridized carbons (Fsp3) is 0.500. The lowest BCUT2D eigenvalue weighted by molar-refractivity contribution is -0.119. The van der Waals surface area contributed by atoms with Crippen molar-refractivity contribution in [3.05, 3.63) is 24.3 Å². The average Bonchev–Trinajstić information content (AvgIpc) is 2.42. The predicted molar refractivity (Wildman–Crippen MR) is 73.9 cm³/mol. The quantitative estimate of drug-likeness (QED) is 0.842. The second-order valence-electron chi connectivity index (χ2n) is 4.32. The zero-order chi connectivity index (χ0) is 13.5. The van der Waals surface area contributed by atoms with E-state index in [-0.39, 0.29) is 5.91 Å². The maximum Gasteiger partial charge on any atom is 0.243 e. The molecule has 0 fully saturated rings. The van der Waals surface area contributed by atoms with Gasteiger partial charge in [0.1, 0.15) is 5.75 Å². The number of methoxy groups -OCH3 is 1. The SMILES string of the molecule is CCCC[C@H](N)C(=O)N(C)c1ccccc1OC. The van der Waals surface area contributed by atoms with E-state index in [0.29, 0.717) is 5.75 Å². The van der Waals surface area contributed by atoms with Gasteiger partial charge in [-0.15, -0.1) is 0 Å². The number of para-hydroxylation sites is 2. The molecule has 100 valence electrons. The first-order valence-electron chi connectivity index (χ1n) is 6.28. The van der Waals surface area contributed by atoms with Crippen LogP contribution < -0.4 is 15.4 Å². The monoisotopic (exact) mass is 250 g/mol. The Morgan fingerprint density at radius 3 is 2.72 bits per heavy atom. The highest BCUT2D eigenvalue weighted by Gasteiger charge is 2.20. The molecule has 0 aliphatic carbocycles. The van der Waals surface area contributed by atoms with Gasteiger partial charge in [-0.3, -0.25) is 4.79 Å². The van der Waals surface area contributed by atoms with Crippen LogP contribution in [0.4, 0.5) is 5.69 Å². The number of nitrogens with zero attached hydrogens (tertiary/aromatic N) is 1. The van der Waals surface area contributed by atoms with E-state index in [4.69, 9.17) is 10.5 Å². The maximum absolute atomic E-state index is 12.2. The van der Waals surface area contributed by atoms with Crippen LogP contribution in [-0.4, -0.2) is 26.1 Å². The van der Waals surface area contributed by atoms with E-state index in [1.807, 2.05) is 24.3 Å². The summed E-state index contributed by atoms with van der Waals surface area (Å²) in [5.41, 5.74) is 6.65. The summed E-state index contributed by atoms with van der Waals surface area (Å²) < 4.78 is 5.24. The maximum atomic E-state index is 12.2. The van der Waals surface area contributed by atoms with Gasteiger partial charge < -0.3 is 15.4 Å². The molecule has 0 aliphatic rings. The van der Waals surface area contributed by atoms with Crippen molar-refractivity contribution < 1.29 is 9.53 Å². The second-order valence-corrected chi connectivity index (χ2v) is 4.32. The number of nitrogens with two attached hydrogens (primary N) is 1. The zero-order valence-electron chi connectivity index (χ0n) is 11.3. The lowest BCUT2D eigenvalue weighted by Crippen LogP contribution is -2.41. The van der Waals surface area contributed by atoms with Gasteiger partial charge in [0.05, 0.1) is 18.8 Å². The summed E-state index contributed by atoms with van der Waals surface area (Å²) >= 11 is 0. The Labute approximate surface area is 109 Å². The van der Waals surface area contributed by atoms with Gasteiger partial charge in [-0.1, -0.05) is 31.9 Å². The number of carbonyl (C=O) groups excluding carboxylic acids is 1. The molecule has 1 rings (SSSR count). The van der Waals surface area contributed by atoms with Crippen LogP contribution in [0.15, 0.2) is 24.3 Å². The number of carbonyl (C=O) groups is 1. The Kier molecular flexibility index (Phi) is 5.65. The molecule has 0 unspecified atom stereocenters. The highest BCUT2D eigenvalue weighted by Crippen LogP contribution is 2.27. The molecule has 18 heavy (non-hydrogen) atoms. The van der Waals surface area contributed by atoms with Crippen LogP contribution in [0.3, 0.4) is 0 Å². The molecule has 0 radical (unpaired) electrons. The number of anilines is 1. The Hall–Kier alpha value is -1.55. The van der Waals surface area contributed by atoms with Crippen LogP contribution in [0, 0.1) is 0 Å². The number of ether oxygens (including phenoxy) is 1. The van der Waals surface area contributed by atoms with Crippen molar-refractivity contribution in [2.75, 3.05) is 19.1 Å². The third-order valence-electron chi connectivity index (χ3n) is 2.96. The standard InChI is InChI=1S/C14H22N2O2/c1-4-5-8-11(15)14(17)16(2)12-9-6-7-10-13(12)18-3/h6-7,9-11H,4-5,8,15H2,1-3H3/t11-/m0/s1. The Morgan fingerprint density at radius 1 is 1.44 bits per heavy atom. The van der Waals surface area contributed by atoms with Gasteiger partial charge in [0.25, 0.3) is 0 Å². The minimum Gasteiger partial charge on any atom is -0.495 e. The number of hydrogen-bond donors (Lipinski definition) is 1. The van der Waals surface area contributed by atoms with Gasteiger partial charge in [-0.25, -0.2) is 0 Å². The summed E-state index contributed by atoms with van der Waals surface area (Å²) in [7, 11) is 3.32. The van der Waals surface area contributed by atoms with E-state index in [1.165, 1.54) is 0 Å². The van der Waals surface area contributed by atoms with Crippen molar-refractivity contribution in [1.82, 2.24) is 0 Å². The van der Waals surface area contributed by atoms with Crippen LogP contribution in [0.5, 0.6) is 5.75 Å². The summed E-state index contributed by atoms with van der Waals surface area (Å²) in [5.74, 6) is 0.601. The molecule has 0 bridgehead atoms. The summed E-state index contributed by atoms with van der Waals surface area (Å²) in [6, 6.07) is 6.98. The third-order valence-corrected chi connectivity index (χ3v) is 2.96. The number of benzene rings is 1. The molecule has 0 heterocycles. The molecule has 0 saturated carbocycles. The Bertz CT molecular complexity index is 393. The molecule has 2 N–H and O–H groups in total. The smallest absolute Gasteiger partial charge is 0.243 e. The first-order valence-corrected chi connectivity index (χ1v) is 6.28. The molecule has 1 aromatic rings. The highest BCUT2D eigenvalue weighted by molar-refractivity contribution is 5.97. The molecular weight excluding hydrogens is 228 g/mol. The summed E-state index contributed by atoms with van der Waals surface area (Å²) in [5, 5.41) is 0. The molecule has 1 aromatic carbocycles. The summed E-state index contributed by atoms with van der Waals surface area (Å²) in [4.78, 5) is 13.7. The number of rotatable bonds is 6. The van der Waals surface area contributed by atoms with E-state index in [9.17, 15) is 4.79 Å². The Balaban J connectivity index is 2.79. The molecule has 1 atom stereocenters. The Morgan fingerprint density at radius 2 is 2.11 bits per heavy atom. The summed E-state index contributed by atoms with van der Waals surface area (Å²) in [6.07, 6.45) is 2.72. The first kappa shape index (κ1) is 14.5. The molecule has 1 amide bonds.